The SMILES string of the molecule is CCCCCC(=O)NNC(=O)COc1ccc(-c2ccccc2)cc1Br. The first-order valence-electron chi connectivity index (χ1n) is 8.65. The molecule has 0 aliphatic heterocycles. The molecule has 26 heavy (non-hydrogen) atoms. The number of nitrogens with one attached hydrogen (secondary N) is 2. The number of hydrazine groups is 1. The first-order valence-corrected chi connectivity index (χ1v) is 9.45. The van der Waals surface area contributed by atoms with E-state index < -0.39 is 5.91 Å². The zero-order chi connectivity index (χ0) is 18.8. The number of amides is 2. The second kappa shape index (κ2) is 10.6. The molecule has 5 nitrogen and oxygen atoms in total. The predicted molar refractivity (Wildman–Crippen MR) is 106 cm³/mol. The topological polar surface area (TPSA) is 67.4 Å². The lowest BCUT2D eigenvalue weighted by Gasteiger charge is -2.11. The minimum atomic E-state index is -0.409. The highest BCUT2D eigenvalue weighted by Crippen LogP contribution is 2.30. The van der Waals surface area contributed by atoms with Crippen molar-refractivity contribution < 1.29 is 14.3 Å². The Morgan fingerprint density at radius 2 is 1.69 bits per heavy atom. The van der Waals surface area contributed by atoms with Gasteiger partial charge in [-0.2, -0.15) is 0 Å². The van der Waals surface area contributed by atoms with Crippen molar-refractivity contribution in [1.29, 1.82) is 0 Å². The van der Waals surface area contributed by atoms with Crippen molar-refractivity contribution in [3.05, 3.63) is 53.0 Å². The highest BCUT2D eigenvalue weighted by Gasteiger charge is 2.08. The summed E-state index contributed by atoms with van der Waals surface area (Å²) in [7, 11) is 0. The lowest BCUT2D eigenvalue weighted by atomic mass is 10.1. The molecule has 0 atom stereocenters. The summed E-state index contributed by atoms with van der Waals surface area (Å²) in [4.78, 5) is 23.3. The van der Waals surface area contributed by atoms with Crippen LogP contribution < -0.4 is 15.6 Å². The smallest absolute Gasteiger partial charge is 0.276 e. The van der Waals surface area contributed by atoms with Gasteiger partial charge in [0.25, 0.3) is 5.91 Å². The third-order valence-corrected chi connectivity index (χ3v) is 4.37. The van der Waals surface area contributed by atoms with E-state index >= 15 is 0 Å². The van der Waals surface area contributed by atoms with Gasteiger partial charge in [-0.1, -0.05) is 56.2 Å². The minimum Gasteiger partial charge on any atom is -0.483 e. The van der Waals surface area contributed by atoms with E-state index in [-0.39, 0.29) is 12.5 Å². The van der Waals surface area contributed by atoms with E-state index in [1.54, 1.807) is 0 Å². The van der Waals surface area contributed by atoms with Crippen LogP contribution in [0.25, 0.3) is 11.1 Å². The van der Waals surface area contributed by atoms with Gasteiger partial charge in [0.05, 0.1) is 4.47 Å². The zero-order valence-corrected chi connectivity index (χ0v) is 16.3. The van der Waals surface area contributed by atoms with Crippen LogP contribution >= 0.6 is 15.9 Å². The molecular formula is C20H23BrN2O3. The number of rotatable bonds is 8. The third kappa shape index (κ3) is 6.52. The highest BCUT2D eigenvalue weighted by atomic mass is 79.9. The second-order valence-electron chi connectivity index (χ2n) is 5.85. The molecule has 6 heteroatoms. The fraction of sp³-hybridized carbons (Fsp3) is 0.300. The number of unbranched alkanes of at least 4 members (excludes halogenated alkanes) is 2. The van der Waals surface area contributed by atoms with Gasteiger partial charge in [0, 0.05) is 6.42 Å². The number of benzene rings is 2. The molecule has 0 saturated carbocycles. The number of carbonyl (C=O) groups excluding carboxylic acids is 2. The molecule has 0 aliphatic carbocycles. The Labute approximate surface area is 162 Å². The third-order valence-electron chi connectivity index (χ3n) is 3.75. The largest absolute Gasteiger partial charge is 0.483 e. The van der Waals surface area contributed by atoms with Crippen molar-refractivity contribution >= 4 is 27.7 Å². The van der Waals surface area contributed by atoms with Gasteiger partial charge < -0.3 is 4.74 Å². The summed E-state index contributed by atoms with van der Waals surface area (Å²) in [5.74, 6) is -0.0397. The standard InChI is InChI=1S/C20H23BrN2O3/c1-2-3-5-10-19(24)22-23-20(25)14-26-18-12-11-16(13-17(18)21)15-8-6-4-7-9-15/h4,6-9,11-13H,2-3,5,10,14H2,1H3,(H,22,24)(H,23,25). The van der Waals surface area contributed by atoms with Crippen LogP contribution in [-0.2, 0) is 9.59 Å². The van der Waals surface area contributed by atoms with Crippen molar-refractivity contribution in [3.8, 4) is 16.9 Å². The molecule has 0 radical (unpaired) electrons. The van der Waals surface area contributed by atoms with E-state index in [9.17, 15) is 9.59 Å². The van der Waals surface area contributed by atoms with Gasteiger partial charge in [-0.25, -0.2) is 0 Å². The van der Waals surface area contributed by atoms with Crippen molar-refractivity contribution in [2.24, 2.45) is 0 Å². The van der Waals surface area contributed by atoms with Gasteiger partial charge in [-0.05, 0) is 45.6 Å². The van der Waals surface area contributed by atoms with Crippen molar-refractivity contribution in [2.75, 3.05) is 6.61 Å². The molecule has 0 heterocycles. The summed E-state index contributed by atoms with van der Waals surface area (Å²) in [5, 5.41) is 0. The van der Waals surface area contributed by atoms with Crippen molar-refractivity contribution in [3.63, 3.8) is 0 Å². The lowest BCUT2D eigenvalue weighted by molar-refractivity contribution is -0.130. The molecule has 138 valence electrons. The Morgan fingerprint density at radius 3 is 2.38 bits per heavy atom. The molecule has 0 aromatic heterocycles. The van der Waals surface area contributed by atoms with E-state index in [1.807, 2.05) is 48.5 Å². The Balaban J connectivity index is 1.80. The summed E-state index contributed by atoms with van der Waals surface area (Å²) < 4.78 is 6.27. The molecule has 2 amide bonds. The molecule has 0 unspecified atom stereocenters. The van der Waals surface area contributed by atoms with Crippen LogP contribution in [0.2, 0.25) is 0 Å². The molecule has 0 saturated heterocycles. The summed E-state index contributed by atoms with van der Waals surface area (Å²) in [6.07, 6.45) is 3.26. The second-order valence-corrected chi connectivity index (χ2v) is 6.71. The van der Waals surface area contributed by atoms with Crippen molar-refractivity contribution in [1.82, 2.24) is 10.9 Å². The maximum Gasteiger partial charge on any atom is 0.276 e. The Kier molecular flexibility index (Phi) is 8.15. The Morgan fingerprint density at radius 1 is 0.962 bits per heavy atom. The quantitative estimate of drug-likeness (QED) is 0.497. The molecule has 2 rings (SSSR count). The van der Waals surface area contributed by atoms with Gasteiger partial charge in [-0.15, -0.1) is 0 Å². The van der Waals surface area contributed by atoms with E-state index in [1.165, 1.54) is 0 Å². The minimum absolute atomic E-state index is 0.182. The summed E-state index contributed by atoms with van der Waals surface area (Å²) >= 11 is 3.47. The predicted octanol–water partition coefficient (Wildman–Crippen LogP) is 4.22. The van der Waals surface area contributed by atoms with Crippen LogP contribution in [0.1, 0.15) is 32.6 Å². The first kappa shape index (κ1) is 20.0. The van der Waals surface area contributed by atoms with Crippen LogP contribution in [0.4, 0.5) is 0 Å². The van der Waals surface area contributed by atoms with Gasteiger partial charge in [0.15, 0.2) is 6.61 Å². The van der Waals surface area contributed by atoms with E-state index in [0.717, 1.165) is 34.9 Å². The highest BCUT2D eigenvalue weighted by molar-refractivity contribution is 9.10. The fourth-order valence-corrected chi connectivity index (χ4v) is 2.84. The first-order chi connectivity index (χ1) is 12.6. The molecule has 2 aromatic carbocycles. The summed E-state index contributed by atoms with van der Waals surface area (Å²) in [6, 6.07) is 15.7. The normalized spacial score (nSPS) is 10.2. The van der Waals surface area contributed by atoms with Gasteiger partial charge >= 0.3 is 0 Å². The van der Waals surface area contributed by atoms with Crippen molar-refractivity contribution in [2.45, 2.75) is 32.6 Å². The number of hydrogen-bond acceptors (Lipinski definition) is 3. The molecule has 2 N–H and O–H groups in total. The molecular weight excluding hydrogens is 396 g/mol. The molecule has 2 aromatic rings. The number of hydrogen-bond donors (Lipinski definition) is 2. The zero-order valence-electron chi connectivity index (χ0n) is 14.8. The van der Waals surface area contributed by atoms with Gasteiger partial charge in [0.1, 0.15) is 5.75 Å². The monoisotopic (exact) mass is 418 g/mol. The molecule has 0 fully saturated rings. The van der Waals surface area contributed by atoms with Crippen LogP contribution in [0.3, 0.4) is 0 Å². The van der Waals surface area contributed by atoms with Crippen LogP contribution in [0.15, 0.2) is 53.0 Å². The van der Waals surface area contributed by atoms with Gasteiger partial charge in [-0.3, -0.25) is 20.4 Å². The van der Waals surface area contributed by atoms with Crippen LogP contribution in [0.5, 0.6) is 5.75 Å². The van der Waals surface area contributed by atoms with Gasteiger partial charge in [0.2, 0.25) is 5.91 Å². The Hall–Kier alpha value is -2.34. The average Bonchev–Trinajstić information content (AvgIpc) is 2.66. The van der Waals surface area contributed by atoms with E-state index in [4.69, 9.17) is 4.74 Å². The lowest BCUT2D eigenvalue weighted by Crippen LogP contribution is -2.43. The van der Waals surface area contributed by atoms with E-state index in [2.05, 4.69) is 33.7 Å². The molecule has 0 spiro atoms. The number of ether oxygens (including phenoxy) is 1. The number of carbonyl (C=O) groups is 2. The summed E-state index contributed by atoms with van der Waals surface area (Å²) in [6.45, 7) is 1.89. The Bertz CT molecular complexity index is 735. The van der Waals surface area contributed by atoms with Crippen LogP contribution in [-0.4, -0.2) is 18.4 Å². The summed E-state index contributed by atoms with van der Waals surface area (Å²) in [5.41, 5.74) is 6.90. The average molecular weight is 419 g/mol. The fourth-order valence-electron chi connectivity index (χ4n) is 2.34. The van der Waals surface area contributed by atoms with E-state index in [0.29, 0.717) is 12.2 Å². The maximum atomic E-state index is 11.8. The maximum absolute atomic E-state index is 11.8. The van der Waals surface area contributed by atoms with Crippen LogP contribution in [0, 0.1) is 0 Å². The number of halogens is 1. The molecule has 0 aliphatic rings. The molecule has 0 bridgehead atoms.